The van der Waals surface area contributed by atoms with Crippen LogP contribution in [0.5, 0.6) is 0 Å². The normalized spacial score (nSPS) is 18.1. The molecule has 54 heavy (non-hydrogen) atoms. The lowest BCUT2D eigenvalue weighted by molar-refractivity contribution is -0.168. The Morgan fingerprint density at radius 1 is 0.611 bits per heavy atom. The van der Waals surface area contributed by atoms with Gasteiger partial charge in [-0.05, 0) is 33.4 Å². The average molecular weight is 711 g/mol. The fourth-order valence-corrected chi connectivity index (χ4v) is 8.36. The molecule has 0 radical (unpaired) electrons. The predicted octanol–water partition coefficient (Wildman–Crippen LogP) is 8.94. The van der Waals surface area contributed by atoms with Crippen molar-refractivity contribution in [3.63, 3.8) is 0 Å². The van der Waals surface area contributed by atoms with E-state index in [0.29, 0.717) is 0 Å². The Hall–Kier alpha value is -6.27. The minimum Gasteiger partial charge on any atom is -0.462 e. The highest BCUT2D eigenvalue weighted by atomic mass is 16.6. The molecule has 6 heteroatoms. The fourth-order valence-electron chi connectivity index (χ4n) is 8.36. The topological polar surface area (TPSA) is 68.2 Å². The molecule has 1 fully saturated rings. The van der Waals surface area contributed by atoms with Crippen LogP contribution in [0.3, 0.4) is 0 Å². The molecule has 2 aliphatic rings. The van der Waals surface area contributed by atoms with Gasteiger partial charge in [0.25, 0.3) is 0 Å². The van der Waals surface area contributed by atoms with E-state index in [4.69, 9.17) is 14.6 Å². The van der Waals surface area contributed by atoms with E-state index in [9.17, 15) is 4.79 Å². The number of cyclic esters (lactones) is 1. The first kappa shape index (κ1) is 34.8. The van der Waals surface area contributed by atoms with E-state index >= 15 is 4.79 Å². The third kappa shape index (κ3) is 5.79. The van der Waals surface area contributed by atoms with E-state index in [1.807, 2.05) is 128 Å². The maximum Gasteiger partial charge on any atom is 0.348 e. The standard InChI is InChI=1S/C48H42N2O4/c1-46(2)34-53-45(52)43(46)54-44(51)41-33-42(47(35-21-9-3-10-22-35,36-23-11-4-12-24-36)37-25-13-5-14-26-37)49-50(41)48(38-27-15-6-16-28-38,39-29-17-7-18-30-39)40-31-19-8-20-32-40/h3-32,41,43H,33-34H2,1-2H3/t41-,43-/m0/s1. The molecule has 0 spiro atoms. The smallest absolute Gasteiger partial charge is 0.348 e. The second-order valence-corrected chi connectivity index (χ2v) is 14.7. The molecule has 268 valence electrons. The summed E-state index contributed by atoms with van der Waals surface area (Å²) in [6.07, 6.45) is -0.842. The van der Waals surface area contributed by atoms with Crippen molar-refractivity contribution >= 4 is 17.7 Å². The van der Waals surface area contributed by atoms with Gasteiger partial charge in [-0.3, -0.25) is 5.01 Å². The van der Waals surface area contributed by atoms with Crippen LogP contribution in [0.2, 0.25) is 0 Å². The van der Waals surface area contributed by atoms with E-state index in [1.54, 1.807) is 0 Å². The van der Waals surface area contributed by atoms with Crippen molar-refractivity contribution in [1.29, 1.82) is 0 Å². The van der Waals surface area contributed by atoms with Gasteiger partial charge in [-0.1, -0.05) is 196 Å². The van der Waals surface area contributed by atoms with Gasteiger partial charge in [0.1, 0.15) is 12.1 Å². The van der Waals surface area contributed by atoms with Crippen molar-refractivity contribution in [2.24, 2.45) is 10.5 Å². The van der Waals surface area contributed by atoms with Gasteiger partial charge in [-0.25, -0.2) is 9.59 Å². The summed E-state index contributed by atoms with van der Waals surface area (Å²) in [5.74, 6) is -1.08. The quantitative estimate of drug-likeness (QED) is 0.105. The minimum atomic E-state index is -1.10. The summed E-state index contributed by atoms with van der Waals surface area (Å²) >= 11 is 0. The van der Waals surface area contributed by atoms with Crippen molar-refractivity contribution in [3.8, 4) is 0 Å². The third-order valence-corrected chi connectivity index (χ3v) is 10.9. The molecule has 0 amide bonds. The van der Waals surface area contributed by atoms with E-state index < -0.39 is 40.5 Å². The van der Waals surface area contributed by atoms with Crippen LogP contribution in [0.25, 0.3) is 0 Å². The number of benzene rings is 6. The second-order valence-electron chi connectivity index (χ2n) is 14.7. The van der Waals surface area contributed by atoms with Gasteiger partial charge in [0.2, 0.25) is 6.10 Å². The van der Waals surface area contributed by atoms with Gasteiger partial charge < -0.3 is 9.47 Å². The maximum atomic E-state index is 15.1. The number of nitrogens with zero attached hydrogens (tertiary/aromatic N) is 2. The van der Waals surface area contributed by atoms with E-state index in [2.05, 4.69) is 72.8 Å². The first-order valence-electron chi connectivity index (χ1n) is 18.4. The summed E-state index contributed by atoms with van der Waals surface area (Å²) < 4.78 is 11.7. The maximum absolute atomic E-state index is 15.1. The Labute approximate surface area is 316 Å². The zero-order chi connectivity index (χ0) is 37.2. The molecule has 0 aromatic heterocycles. The molecular formula is C48H42N2O4. The lowest BCUT2D eigenvalue weighted by Crippen LogP contribution is -2.52. The molecule has 6 aromatic carbocycles. The molecule has 6 aromatic rings. The fraction of sp³-hybridized carbons (Fsp3) is 0.188. The number of hydrogen-bond donors (Lipinski definition) is 0. The molecule has 0 unspecified atom stereocenters. The lowest BCUT2D eigenvalue weighted by atomic mass is 9.65. The zero-order valence-electron chi connectivity index (χ0n) is 30.4. The molecule has 2 heterocycles. The summed E-state index contributed by atoms with van der Waals surface area (Å²) in [7, 11) is 0. The molecular weight excluding hydrogens is 669 g/mol. The highest BCUT2D eigenvalue weighted by Crippen LogP contribution is 2.50. The monoisotopic (exact) mass is 710 g/mol. The number of ether oxygens (including phenoxy) is 2. The first-order valence-corrected chi connectivity index (χ1v) is 18.4. The van der Waals surface area contributed by atoms with Gasteiger partial charge >= 0.3 is 11.9 Å². The Balaban J connectivity index is 1.45. The van der Waals surface area contributed by atoms with E-state index in [0.717, 1.165) is 39.1 Å². The van der Waals surface area contributed by atoms with Crippen LogP contribution in [0.15, 0.2) is 187 Å². The summed E-state index contributed by atoms with van der Waals surface area (Å²) in [5.41, 5.74) is 3.89. The zero-order valence-corrected chi connectivity index (χ0v) is 30.4. The summed E-state index contributed by atoms with van der Waals surface area (Å²) in [4.78, 5) is 28.2. The Bertz CT molecular complexity index is 2050. The van der Waals surface area contributed by atoms with Crippen LogP contribution in [-0.4, -0.2) is 41.4 Å². The van der Waals surface area contributed by atoms with Gasteiger partial charge in [-0.15, -0.1) is 0 Å². The minimum absolute atomic E-state index is 0.168. The van der Waals surface area contributed by atoms with Crippen LogP contribution in [0, 0.1) is 5.41 Å². The average Bonchev–Trinajstić information content (AvgIpc) is 3.78. The lowest BCUT2D eigenvalue weighted by Gasteiger charge is -2.44. The number of rotatable bonds is 10. The van der Waals surface area contributed by atoms with Crippen molar-refractivity contribution in [2.75, 3.05) is 6.61 Å². The molecule has 0 bridgehead atoms. The van der Waals surface area contributed by atoms with Gasteiger partial charge in [-0.2, -0.15) is 5.10 Å². The summed E-state index contributed by atoms with van der Waals surface area (Å²) in [5, 5.41) is 7.72. The molecule has 0 aliphatic carbocycles. The van der Waals surface area contributed by atoms with Gasteiger partial charge in [0, 0.05) is 11.8 Å². The van der Waals surface area contributed by atoms with E-state index in [-0.39, 0.29) is 13.0 Å². The van der Waals surface area contributed by atoms with Crippen molar-refractivity contribution in [3.05, 3.63) is 215 Å². The number of carbonyl (C=O) groups is 2. The Morgan fingerprint density at radius 2 is 0.963 bits per heavy atom. The van der Waals surface area contributed by atoms with Crippen LogP contribution >= 0.6 is 0 Å². The number of hydrogen-bond acceptors (Lipinski definition) is 6. The third-order valence-electron chi connectivity index (χ3n) is 10.9. The van der Waals surface area contributed by atoms with Crippen molar-refractivity contribution in [2.45, 2.75) is 43.4 Å². The Morgan fingerprint density at radius 3 is 1.30 bits per heavy atom. The molecule has 8 rings (SSSR count). The molecule has 2 aliphatic heterocycles. The largest absolute Gasteiger partial charge is 0.462 e. The number of carbonyl (C=O) groups excluding carboxylic acids is 2. The summed E-state index contributed by atoms with van der Waals surface area (Å²) in [6.45, 7) is 3.94. The van der Waals surface area contributed by atoms with Crippen LogP contribution in [0.4, 0.5) is 0 Å². The molecule has 0 saturated carbocycles. The molecule has 1 saturated heterocycles. The highest BCUT2D eigenvalue weighted by molar-refractivity contribution is 6.05. The van der Waals surface area contributed by atoms with Crippen LogP contribution in [-0.2, 0) is 30.0 Å². The first-order chi connectivity index (χ1) is 26.4. The van der Waals surface area contributed by atoms with Crippen molar-refractivity contribution in [1.82, 2.24) is 5.01 Å². The Kier molecular flexibility index (Phi) is 9.20. The van der Waals surface area contributed by atoms with Crippen molar-refractivity contribution < 1.29 is 19.1 Å². The van der Waals surface area contributed by atoms with Gasteiger partial charge in [0.05, 0.1) is 11.1 Å². The number of esters is 2. The van der Waals surface area contributed by atoms with Crippen LogP contribution < -0.4 is 0 Å². The predicted molar refractivity (Wildman–Crippen MR) is 211 cm³/mol. The summed E-state index contributed by atoms with van der Waals surface area (Å²) in [6, 6.07) is 60.8. The molecule has 2 atom stereocenters. The van der Waals surface area contributed by atoms with E-state index in [1.165, 1.54) is 0 Å². The SMILES string of the molecule is CC1(C)COC(=O)[C@@H]1OC(=O)[C@@H]1CC(C(c2ccccc2)(c2ccccc2)c2ccccc2)=NN1C(c1ccccc1)(c1ccccc1)c1ccccc1. The van der Waals surface area contributed by atoms with Gasteiger partial charge in [0.15, 0.2) is 6.04 Å². The van der Waals surface area contributed by atoms with Crippen LogP contribution in [0.1, 0.15) is 53.6 Å². The number of hydrazone groups is 1. The highest BCUT2D eigenvalue weighted by Gasteiger charge is 2.56. The second kappa shape index (κ2) is 14.3. The molecule has 6 nitrogen and oxygen atoms in total. The molecule has 0 N–H and O–H groups in total.